The molecule has 2 amide bonds. The van der Waals surface area contributed by atoms with Crippen LogP contribution in [0.3, 0.4) is 0 Å². The molecule has 162 valence electrons. The molecule has 0 saturated carbocycles. The van der Waals surface area contributed by atoms with Crippen LogP contribution >= 0.6 is 0 Å². The van der Waals surface area contributed by atoms with E-state index in [9.17, 15) is 9.59 Å². The summed E-state index contributed by atoms with van der Waals surface area (Å²) < 4.78 is 0. The molecule has 1 aliphatic rings. The molecule has 0 spiro atoms. The molecule has 0 fully saturated rings. The van der Waals surface area contributed by atoms with Gasteiger partial charge in [-0.2, -0.15) is 0 Å². The van der Waals surface area contributed by atoms with Crippen LogP contribution in [0.15, 0.2) is 72.7 Å². The molecule has 6 nitrogen and oxygen atoms in total. The SMILES string of the molecule is Cc1ccc(C2=C(Nc3ccc(N(C)C)cc3)C(=O)N(Cc3cccnc3)C2=O)c(C)c1. The van der Waals surface area contributed by atoms with Crippen LogP contribution in [0, 0.1) is 13.8 Å². The minimum Gasteiger partial charge on any atom is -0.378 e. The molecular weight excluding hydrogens is 400 g/mol. The van der Waals surface area contributed by atoms with Gasteiger partial charge in [-0.05, 0) is 60.9 Å². The van der Waals surface area contributed by atoms with Crippen LogP contribution < -0.4 is 10.2 Å². The van der Waals surface area contributed by atoms with Crippen LogP contribution in [0.1, 0.15) is 22.3 Å². The second-order valence-corrected chi connectivity index (χ2v) is 8.19. The number of nitrogens with zero attached hydrogens (tertiary/aromatic N) is 3. The monoisotopic (exact) mass is 426 g/mol. The van der Waals surface area contributed by atoms with Crippen molar-refractivity contribution in [3.63, 3.8) is 0 Å². The van der Waals surface area contributed by atoms with Crippen molar-refractivity contribution in [2.75, 3.05) is 24.3 Å². The average molecular weight is 427 g/mol. The smallest absolute Gasteiger partial charge is 0.278 e. The third kappa shape index (κ3) is 4.12. The number of aromatic nitrogens is 1. The maximum absolute atomic E-state index is 13.5. The van der Waals surface area contributed by atoms with Crippen molar-refractivity contribution in [2.45, 2.75) is 20.4 Å². The third-order valence-corrected chi connectivity index (χ3v) is 5.54. The van der Waals surface area contributed by atoms with Gasteiger partial charge in [0.1, 0.15) is 5.70 Å². The molecule has 0 atom stereocenters. The maximum Gasteiger partial charge on any atom is 0.278 e. The zero-order valence-corrected chi connectivity index (χ0v) is 18.7. The van der Waals surface area contributed by atoms with E-state index >= 15 is 0 Å². The Balaban J connectivity index is 1.75. The fraction of sp³-hybridized carbons (Fsp3) is 0.192. The van der Waals surface area contributed by atoms with Gasteiger partial charge in [-0.25, -0.2) is 0 Å². The summed E-state index contributed by atoms with van der Waals surface area (Å²) in [5, 5.41) is 3.23. The molecule has 1 aromatic heterocycles. The summed E-state index contributed by atoms with van der Waals surface area (Å²) in [5.74, 6) is -0.649. The van der Waals surface area contributed by atoms with Crippen LogP contribution in [0.2, 0.25) is 0 Å². The van der Waals surface area contributed by atoms with Crippen LogP contribution in [0.5, 0.6) is 0 Å². The number of amides is 2. The topological polar surface area (TPSA) is 65.5 Å². The number of anilines is 2. The van der Waals surface area contributed by atoms with Crippen molar-refractivity contribution < 1.29 is 9.59 Å². The van der Waals surface area contributed by atoms with Gasteiger partial charge >= 0.3 is 0 Å². The zero-order chi connectivity index (χ0) is 22.8. The van der Waals surface area contributed by atoms with Gasteiger partial charge in [-0.3, -0.25) is 19.5 Å². The Morgan fingerprint density at radius 1 is 0.969 bits per heavy atom. The van der Waals surface area contributed by atoms with E-state index in [2.05, 4.69) is 10.3 Å². The Hall–Kier alpha value is -3.93. The number of carbonyl (C=O) groups is 2. The zero-order valence-electron chi connectivity index (χ0n) is 18.7. The fourth-order valence-electron chi connectivity index (χ4n) is 3.84. The largest absolute Gasteiger partial charge is 0.378 e. The van der Waals surface area contributed by atoms with Crippen LogP contribution in [0.25, 0.3) is 5.57 Å². The van der Waals surface area contributed by atoms with Gasteiger partial charge in [-0.1, -0.05) is 29.8 Å². The van der Waals surface area contributed by atoms with E-state index in [0.29, 0.717) is 11.3 Å². The normalized spacial score (nSPS) is 13.7. The number of aryl methyl sites for hydroxylation is 2. The van der Waals surface area contributed by atoms with E-state index in [1.54, 1.807) is 18.5 Å². The van der Waals surface area contributed by atoms with E-state index in [1.807, 2.05) is 81.4 Å². The van der Waals surface area contributed by atoms with Crippen molar-refractivity contribution in [2.24, 2.45) is 0 Å². The summed E-state index contributed by atoms with van der Waals surface area (Å²) in [6, 6.07) is 17.3. The number of hydrogen-bond donors (Lipinski definition) is 1. The highest BCUT2D eigenvalue weighted by molar-refractivity contribution is 6.36. The molecule has 0 bridgehead atoms. The van der Waals surface area contributed by atoms with Gasteiger partial charge in [0, 0.05) is 37.9 Å². The number of hydrogen-bond acceptors (Lipinski definition) is 5. The first-order chi connectivity index (χ1) is 15.3. The second-order valence-electron chi connectivity index (χ2n) is 8.19. The average Bonchev–Trinajstić information content (AvgIpc) is 2.99. The van der Waals surface area contributed by atoms with Gasteiger partial charge in [0.05, 0.1) is 12.1 Å². The first-order valence-electron chi connectivity index (χ1n) is 10.5. The quantitative estimate of drug-likeness (QED) is 0.600. The van der Waals surface area contributed by atoms with Crippen molar-refractivity contribution in [3.05, 3.63) is 94.9 Å². The van der Waals surface area contributed by atoms with Gasteiger partial charge in [0.25, 0.3) is 11.8 Å². The molecule has 0 radical (unpaired) electrons. The molecule has 6 heteroatoms. The molecular formula is C26H26N4O2. The minimum absolute atomic E-state index is 0.171. The van der Waals surface area contributed by atoms with Crippen molar-refractivity contribution in [1.29, 1.82) is 0 Å². The highest BCUT2D eigenvalue weighted by Crippen LogP contribution is 2.33. The van der Waals surface area contributed by atoms with Crippen molar-refractivity contribution in [1.82, 2.24) is 9.88 Å². The van der Waals surface area contributed by atoms with Crippen molar-refractivity contribution in [3.8, 4) is 0 Å². The first-order valence-corrected chi connectivity index (χ1v) is 10.5. The van der Waals surface area contributed by atoms with Gasteiger partial charge in [-0.15, -0.1) is 0 Å². The summed E-state index contributed by atoms with van der Waals surface area (Å²) in [6.45, 7) is 4.14. The second kappa shape index (κ2) is 8.67. The number of carbonyl (C=O) groups excluding carboxylic acids is 2. The first kappa shape index (κ1) is 21.3. The van der Waals surface area contributed by atoms with Crippen LogP contribution in [-0.4, -0.2) is 35.8 Å². The van der Waals surface area contributed by atoms with Crippen LogP contribution in [-0.2, 0) is 16.1 Å². The Morgan fingerprint density at radius 3 is 2.34 bits per heavy atom. The maximum atomic E-state index is 13.5. The Labute approximate surface area is 188 Å². The number of pyridine rings is 1. The minimum atomic E-state index is -0.342. The summed E-state index contributed by atoms with van der Waals surface area (Å²) in [6.07, 6.45) is 3.34. The Bertz CT molecular complexity index is 1200. The molecule has 2 aromatic carbocycles. The summed E-state index contributed by atoms with van der Waals surface area (Å²) in [5.41, 5.74) is 6.09. The molecule has 2 heterocycles. The predicted octanol–water partition coefficient (Wildman–Crippen LogP) is 4.16. The molecule has 1 aliphatic heterocycles. The summed E-state index contributed by atoms with van der Waals surface area (Å²) >= 11 is 0. The van der Waals surface area contributed by atoms with E-state index in [-0.39, 0.29) is 18.4 Å². The molecule has 4 rings (SSSR count). The third-order valence-electron chi connectivity index (χ3n) is 5.54. The number of rotatable bonds is 6. The number of benzene rings is 2. The van der Waals surface area contributed by atoms with Gasteiger partial charge in [0.2, 0.25) is 0 Å². The highest BCUT2D eigenvalue weighted by atomic mass is 16.2. The molecule has 32 heavy (non-hydrogen) atoms. The van der Waals surface area contributed by atoms with Crippen molar-refractivity contribution >= 4 is 28.8 Å². The Kier molecular flexibility index (Phi) is 5.77. The lowest BCUT2D eigenvalue weighted by Crippen LogP contribution is -2.32. The lowest BCUT2D eigenvalue weighted by Gasteiger charge is -2.16. The van der Waals surface area contributed by atoms with Gasteiger partial charge < -0.3 is 10.2 Å². The molecule has 0 saturated heterocycles. The fourth-order valence-corrected chi connectivity index (χ4v) is 3.84. The lowest BCUT2D eigenvalue weighted by molar-refractivity contribution is -0.137. The molecule has 0 unspecified atom stereocenters. The van der Waals surface area contributed by atoms with E-state index in [4.69, 9.17) is 0 Å². The van der Waals surface area contributed by atoms with E-state index < -0.39 is 0 Å². The Morgan fingerprint density at radius 2 is 1.72 bits per heavy atom. The molecule has 1 N–H and O–H groups in total. The molecule has 3 aromatic rings. The van der Waals surface area contributed by atoms with E-state index in [0.717, 1.165) is 33.6 Å². The highest BCUT2D eigenvalue weighted by Gasteiger charge is 2.39. The summed E-state index contributed by atoms with van der Waals surface area (Å²) in [7, 11) is 3.94. The van der Waals surface area contributed by atoms with Crippen LogP contribution in [0.4, 0.5) is 11.4 Å². The number of nitrogens with one attached hydrogen (secondary N) is 1. The molecule has 0 aliphatic carbocycles. The number of imide groups is 1. The summed E-state index contributed by atoms with van der Waals surface area (Å²) in [4.78, 5) is 34.3. The van der Waals surface area contributed by atoms with E-state index in [1.165, 1.54) is 4.90 Å². The standard InChI is InChI=1S/C26H26N4O2/c1-17-7-12-22(18(2)14-17)23-24(28-20-8-10-21(11-9-20)29(3)4)26(32)30(25(23)31)16-19-6-5-13-27-15-19/h5-15,28H,16H2,1-4H3. The van der Waals surface area contributed by atoms with Gasteiger partial charge in [0.15, 0.2) is 0 Å². The predicted molar refractivity (Wildman–Crippen MR) is 127 cm³/mol. The lowest BCUT2D eigenvalue weighted by atomic mass is 9.97.